The molecule has 1 saturated carbocycles. The van der Waals surface area contributed by atoms with Crippen molar-refractivity contribution in [2.24, 2.45) is 5.92 Å². The number of amides is 1. The molecule has 1 unspecified atom stereocenters. The molecule has 2 rings (SSSR count). The molecule has 1 amide bonds. The minimum atomic E-state index is -1.05. The van der Waals surface area contributed by atoms with Crippen LogP contribution in [-0.4, -0.2) is 23.0 Å². The van der Waals surface area contributed by atoms with Crippen LogP contribution < -0.4 is 5.32 Å². The van der Waals surface area contributed by atoms with Gasteiger partial charge in [-0.05, 0) is 30.9 Å². The number of carboxylic acid groups (broad SMARTS) is 1. The van der Waals surface area contributed by atoms with E-state index in [0.717, 1.165) is 18.9 Å². The molecule has 1 aromatic carbocycles. The smallest absolute Gasteiger partial charge is 0.305 e. The van der Waals surface area contributed by atoms with Gasteiger partial charge in [0, 0.05) is 6.04 Å². The van der Waals surface area contributed by atoms with Crippen LogP contribution in [0.3, 0.4) is 0 Å². The van der Waals surface area contributed by atoms with E-state index in [9.17, 15) is 18.4 Å². The lowest BCUT2D eigenvalue weighted by Crippen LogP contribution is -2.38. The summed E-state index contributed by atoms with van der Waals surface area (Å²) in [6.45, 7) is 0. The first-order chi connectivity index (χ1) is 9.38. The van der Waals surface area contributed by atoms with Gasteiger partial charge in [0.05, 0.1) is 17.0 Å². The van der Waals surface area contributed by atoms with Crippen LogP contribution in [0.15, 0.2) is 12.1 Å². The number of halogens is 3. The second-order valence-electron chi connectivity index (χ2n) is 4.76. The number of hydrogen-bond donors (Lipinski definition) is 2. The number of hydrogen-bond acceptors (Lipinski definition) is 2. The number of aliphatic carboxylic acids is 1. The van der Waals surface area contributed by atoms with Crippen molar-refractivity contribution >= 4 is 23.5 Å². The second kappa shape index (κ2) is 5.75. The molecule has 0 heterocycles. The highest BCUT2D eigenvalue weighted by atomic mass is 35.5. The van der Waals surface area contributed by atoms with Crippen LogP contribution in [0.2, 0.25) is 5.02 Å². The molecule has 1 aliphatic carbocycles. The van der Waals surface area contributed by atoms with E-state index in [4.69, 9.17) is 16.7 Å². The van der Waals surface area contributed by atoms with Crippen molar-refractivity contribution in [1.29, 1.82) is 0 Å². The molecule has 0 spiro atoms. The molecular weight excluding hydrogens is 292 g/mol. The minimum Gasteiger partial charge on any atom is -0.481 e. The number of carbonyl (C=O) groups is 2. The molecular formula is C13H12ClF2NO3. The summed E-state index contributed by atoms with van der Waals surface area (Å²) < 4.78 is 26.8. The molecule has 0 aromatic heterocycles. The summed E-state index contributed by atoms with van der Waals surface area (Å²) in [5.74, 6) is -3.66. The highest BCUT2D eigenvalue weighted by Gasteiger charge is 2.34. The van der Waals surface area contributed by atoms with Crippen molar-refractivity contribution in [3.63, 3.8) is 0 Å². The zero-order valence-electron chi connectivity index (χ0n) is 10.3. The zero-order valence-corrected chi connectivity index (χ0v) is 11.1. The lowest BCUT2D eigenvalue weighted by molar-refractivity contribution is -0.137. The van der Waals surface area contributed by atoms with Crippen molar-refractivity contribution in [1.82, 2.24) is 5.32 Å². The van der Waals surface area contributed by atoms with Gasteiger partial charge in [-0.25, -0.2) is 8.78 Å². The third-order valence-corrected chi connectivity index (χ3v) is 3.45. The van der Waals surface area contributed by atoms with E-state index >= 15 is 0 Å². The van der Waals surface area contributed by atoms with Crippen LogP contribution in [0.25, 0.3) is 0 Å². The predicted octanol–water partition coefficient (Wildman–Crippen LogP) is 2.60. The lowest BCUT2D eigenvalue weighted by Gasteiger charge is -2.16. The van der Waals surface area contributed by atoms with E-state index in [1.807, 2.05) is 0 Å². The topological polar surface area (TPSA) is 66.4 Å². The maximum atomic E-state index is 13.6. The lowest BCUT2D eigenvalue weighted by atomic mass is 10.1. The summed E-state index contributed by atoms with van der Waals surface area (Å²) in [6.07, 6.45) is 1.39. The van der Waals surface area contributed by atoms with E-state index in [0.29, 0.717) is 6.07 Å². The number of rotatable bonds is 5. The number of benzene rings is 1. The summed E-state index contributed by atoms with van der Waals surface area (Å²) in [5.41, 5.74) is -0.483. The molecule has 20 heavy (non-hydrogen) atoms. The summed E-state index contributed by atoms with van der Waals surface area (Å²) >= 11 is 5.40. The van der Waals surface area contributed by atoms with E-state index in [-0.39, 0.29) is 12.3 Å². The quantitative estimate of drug-likeness (QED) is 0.822. The molecule has 1 fully saturated rings. The third-order valence-electron chi connectivity index (χ3n) is 3.16. The second-order valence-corrected chi connectivity index (χ2v) is 5.17. The zero-order chi connectivity index (χ0) is 14.9. The Balaban J connectivity index is 2.14. The van der Waals surface area contributed by atoms with Crippen molar-refractivity contribution in [3.8, 4) is 0 Å². The molecule has 1 aliphatic rings. The summed E-state index contributed by atoms with van der Waals surface area (Å²) in [6, 6.07) is 0.852. The molecule has 0 radical (unpaired) electrons. The summed E-state index contributed by atoms with van der Waals surface area (Å²) in [5, 5.41) is 10.8. The maximum absolute atomic E-state index is 13.6. The van der Waals surface area contributed by atoms with Gasteiger partial charge in [0.15, 0.2) is 0 Å². The molecule has 2 N–H and O–H groups in total. The van der Waals surface area contributed by atoms with E-state index in [1.54, 1.807) is 0 Å². The fourth-order valence-corrected chi connectivity index (χ4v) is 2.12. The fourth-order valence-electron chi connectivity index (χ4n) is 1.96. The third kappa shape index (κ3) is 3.45. The molecule has 0 saturated heterocycles. The monoisotopic (exact) mass is 303 g/mol. The Labute approximate surface area is 118 Å². The van der Waals surface area contributed by atoms with Crippen LogP contribution in [0.1, 0.15) is 29.6 Å². The van der Waals surface area contributed by atoms with Crippen molar-refractivity contribution in [2.75, 3.05) is 0 Å². The Morgan fingerprint density at radius 2 is 2.00 bits per heavy atom. The normalized spacial score (nSPS) is 15.8. The van der Waals surface area contributed by atoms with Gasteiger partial charge in [0.25, 0.3) is 5.91 Å². The fraction of sp³-hybridized carbons (Fsp3) is 0.385. The summed E-state index contributed by atoms with van der Waals surface area (Å²) in [7, 11) is 0. The molecule has 108 valence electrons. The Hall–Kier alpha value is -1.69. The van der Waals surface area contributed by atoms with E-state index < -0.39 is 40.1 Å². The van der Waals surface area contributed by atoms with Crippen LogP contribution >= 0.6 is 11.6 Å². The first kappa shape index (κ1) is 14.7. The number of carbonyl (C=O) groups excluding carboxylic acids is 1. The molecule has 7 heteroatoms. The largest absolute Gasteiger partial charge is 0.481 e. The molecule has 0 bridgehead atoms. The molecule has 1 aromatic rings. The van der Waals surface area contributed by atoms with Crippen LogP contribution in [0.4, 0.5) is 8.78 Å². The van der Waals surface area contributed by atoms with Gasteiger partial charge in [-0.3, -0.25) is 9.59 Å². The Morgan fingerprint density at radius 1 is 1.35 bits per heavy atom. The molecule has 4 nitrogen and oxygen atoms in total. The highest BCUT2D eigenvalue weighted by Crippen LogP contribution is 2.34. The number of nitrogens with one attached hydrogen (secondary N) is 1. The first-order valence-electron chi connectivity index (χ1n) is 6.05. The minimum absolute atomic E-state index is 0.0789. The molecule has 0 aliphatic heterocycles. The van der Waals surface area contributed by atoms with Gasteiger partial charge in [-0.15, -0.1) is 0 Å². The van der Waals surface area contributed by atoms with Crippen molar-refractivity contribution in [2.45, 2.75) is 25.3 Å². The predicted molar refractivity (Wildman–Crippen MR) is 67.6 cm³/mol. The van der Waals surface area contributed by atoms with Gasteiger partial charge in [0.2, 0.25) is 0 Å². The van der Waals surface area contributed by atoms with Gasteiger partial charge in [-0.1, -0.05) is 11.6 Å². The highest BCUT2D eigenvalue weighted by molar-refractivity contribution is 6.30. The summed E-state index contributed by atoms with van der Waals surface area (Å²) in [4.78, 5) is 22.6. The Bertz CT molecular complexity index is 561. The van der Waals surface area contributed by atoms with Crippen LogP contribution in [0, 0.1) is 17.6 Å². The molecule has 1 atom stereocenters. The average molecular weight is 304 g/mol. The van der Waals surface area contributed by atoms with Crippen LogP contribution in [0.5, 0.6) is 0 Å². The van der Waals surface area contributed by atoms with Gasteiger partial charge in [0.1, 0.15) is 11.6 Å². The van der Waals surface area contributed by atoms with Gasteiger partial charge < -0.3 is 10.4 Å². The van der Waals surface area contributed by atoms with Gasteiger partial charge >= 0.3 is 5.97 Å². The SMILES string of the molecule is O=C(O)CC(NC(=O)c1cc(F)c(Cl)cc1F)C1CC1. The Morgan fingerprint density at radius 3 is 2.55 bits per heavy atom. The van der Waals surface area contributed by atoms with E-state index in [1.165, 1.54) is 0 Å². The first-order valence-corrected chi connectivity index (χ1v) is 6.43. The van der Waals surface area contributed by atoms with Crippen LogP contribution in [-0.2, 0) is 4.79 Å². The van der Waals surface area contributed by atoms with Crippen molar-refractivity contribution in [3.05, 3.63) is 34.4 Å². The van der Waals surface area contributed by atoms with E-state index in [2.05, 4.69) is 5.32 Å². The standard InChI is InChI=1S/C13H12ClF2NO3/c14-8-4-9(15)7(3-10(8)16)13(20)17-11(5-12(18)19)6-1-2-6/h3-4,6,11H,1-2,5H2,(H,17,20)(H,18,19). The van der Waals surface area contributed by atoms with Gasteiger partial charge in [-0.2, -0.15) is 0 Å². The number of carboxylic acids is 1. The Kier molecular flexibility index (Phi) is 4.23. The maximum Gasteiger partial charge on any atom is 0.305 e. The average Bonchev–Trinajstić information content (AvgIpc) is 3.16. The van der Waals surface area contributed by atoms with Crippen molar-refractivity contribution < 1.29 is 23.5 Å².